The summed E-state index contributed by atoms with van der Waals surface area (Å²) in [5, 5.41) is 2.98. The zero-order valence-corrected chi connectivity index (χ0v) is 17.2. The summed E-state index contributed by atoms with van der Waals surface area (Å²) in [4.78, 5) is 30.8. The molecule has 2 aromatic rings. The number of nitrogens with zero attached hydrogens (tertiary/aromatic N) is 3. The predicted molar refractivity (Wildman–Crippen MR) is 108 cm³/mol. The molecule has 0 saturated carbocycles. The summed E-state index contributed by atoms with van der Waals surface area (Å²) < 4.78 is 25.4. The highest BCUT2D eigenvalue weighted by Crippen LogP contribution is 2.18. The summed E-state index contributed by atoms with van der Waals surface area (Å²) in [6.07, 6.45) is 4.45. The molecule has 0 unspecified atom stereocenters. The molecule has 1 saturated heterocycles. The van der Waals surface area contributed by atoms with E-state index in [4.69, 9.17) is 0 Å². The Labute approximate surface area is 170 Å². The van der Waals surface area contributed by atoms with Gasteiger partial charge in [-0.05, 0) is 49.2 Å². The summed E-state index contributed by atoms with van der Waals surface area (Å²) in [5.41, 5.74) is 0.958. The first-order valence-corrected chi connectivity index (χ1v) is 10.8. The van der Waals surface area contributed by atoms with Gasteiger partial charge in [-0.25, -0.2) is 12.7 Å². The minimum absolute atomic E-state index is 0.000587. The average molecular weight is 417 g/mol. The molecule has 29 heavy (non-hydrogen) atoms. The molecule has 0 radical (unpaired) electrons. The second-order valence-electron chi connectivity index (χ2n) is 7.09. The highest BCUT2D eigenvalue weighted by Gasteiger charge is 2.25. The molecule has 2 amide bonds. The van der Waals surface area contributed by atoms with Crippen molar-refractivity contribution in [1.82, 2.24) is 19.5 Å². The van der Waals surface area contributed by atoms with E-state index in [0.29, 0.717) is 37.1 Å². The fourth-order valence-electron chi connectivity index (χ4n) is 3.16. The molecular weight excluding hydrogens is 392 g/mol. The third-order valence-corrected chi connectivity index (χ3v) is 6.75. The van der Waals surface area contributed by atoms with Crippen LogP contribution >= 0.6 is 0 Å². The number of carbonyl (C=O) groups excluding carboxylic acids is 2. The van der Waals surface area contributed by atoms with Crippen LogP contribution in [0.3, 0.4) is 0 Å². The van der Waals surface area contributed by atoms with Crippen molar-refractivity contribution in [1.29, 1.82) is 0 Å². The van der Waals surface area contributed by atoms with Crippen LogP contribution in [-0.2, 0) is 10.0 Å². The third kappa shape index (κ3) is 4.80. The van der Waals surface area contributed by atoms with Gasteiger partial charge in [0, 0.05) is 51.2 Å². The van der Waals surface area contributed by atoms with E-state index in [0.717, 1.165) is 4.31 Å². The number of likely N-dealkylation sites (tertiary alicyclic amines) is 1. The number of amides is 2. The smallest absolute Gasteiger partial charge is 0.253 e. The molecule has 1 N–H and O–H groups in total. The standard InChI is InChI=1S/C20H24N4O4S/c1-23(2)29(27,28)18-7-5-15(6-8-18)20(26)24-12-9-17(10-13-24)22-19(25)16-4-3-11-21-14-16/h3-8,11,14,17H,9-10,12-13H2,1-2H3,(H,22,25). The van der Waals surface area contributed by atoms with Crippen molar-refractivity contribution in [3.63, 3.8) is 0 Å². The van der Waals surface area contributed by atoms with Crippen molar-refractivity contribution in [2.24, 2.45) is 0 Å². The van der Waals surface area contributed by atoms with Crippen molar-refractivity contribution in [3.8, 4) is 0 Å². The van der Waals surface area contributed by atoms with Crippen molar-refractivity contribution >= 4 is 21.8 Å². The Balaban J connectivity index is 1.57. The van der Waals surface area contributed by atoms with E-state index in [9.17, 15) is 18.0 Å². The normalized spacial score (nSPS) is 15.3. The van der Waals surface area contributed by atoms with Gasteiger partial charge in [-0.2, -0.15) is 0 Å². The second kappa shape index (κ2) is 8.71. The quantitative estimate of drug-likeness (QED) is 0.794. The largest absolute Gasteiger partial charge is 0.349 e. The van der Waals surface area contributed by atoms with Gasteiger partial charge in [0.05, 0.1) is 10.5 Å². The van der Waals surface area contributed by atoms with Gasteiger partial charge in [-0.3, -0.25) is 14.6 Å². The van der Waals surface area contributed by atoms with Crippen LogP contribution in [0.4, 0.5) is 0 Å². The maximum absolute atomic E-state index is 12.7. The fourth-order valence-corrected chi connectivity index (χ4v) is 4.06. The summed E-state index contributed by atoms with van der Waals surface area (Å²) in [7, 11) is -0.594. The lowest BCUT2D eigenvalue weighted by molar-refractivity contribution is 0.0698. The van der Waals surface area contributed by atoms with Gasteiger partial charge in [0.1, 0.15) is 0 Å². The van der Waals surface area contributed by atoms with Crippen molar-refractivity contribution in [3.05, 3.63) is 59.9 Å². The Bertz CT molecular complexity index is 967. The highest BCUT2D eigenvalue weighted by atomic mass is 32.2. The van der Waals surface area contributed by atoms with E-state index in [-0.39, 0.29) is 22.8 Å². The monoisotopic (exact) mass is 416 g/mol. The van der Waals surface area contributed by atoms with Gasteiger partial charge in [0.2, 0.25) is 10.0 Å². The van der Waals surface area contributed by atoms with Gasteiger partial charge in [-0.1, -0.05) is 0 Å². The number of rotatable bonds is 5. The maximum atomic E-state index is 12.7. The first kappa shape index (κ1) is 20.9. The molecule has 0 spiro atoms. The lowest BCUT2D eigenvalue weighted by Crippen LogP contribution is -2.46. The van der Waals surface area contributed by atoms with E-state index in [1.165, 1.54) is 44.6 Å². The van der Waals surface area contributed by atoms with Crippen LogP contribution in [-0.4, -0.2) is 67.6 Å². The van der Waals surface area contributed by atoms with Crippen LogP contribution in [0, 0.1) is 0 Å². The Morgan fingerprint density at radius 3 is 2.28 bits per heavy atom. The van der Waals surface area contributed by atoms with Crippen LogP contribution in [0.5, 0.6) is 0 Å². The third-order valence-electron chi connectivity index (χ3n) is 4.92. The number of aromatic nitrogens is 1. The molecular formula is C20H24N4O4S. The topological polar surface area (TPSA) is 99.7 Å². The molecule has 154 valence electrons. The van der Waals surface area contributed by atoms with Crippen LogP contribution < -0.4 is 5.32 Å². The van der Waals surface area contributed by atoms with Crippen molar-refractivity contribution in [2.75, 3.05) is 27.2 Å². The molecule has 1 aliphatic rings. The van der Waals surface area contributed by atoms with Crippen molar-refractivity contribution < 1.29 is 18.0 Å². The van der Waals surface area contributed by atoms with E-state index >= 15 is 0 Å². The number of carbonyl (C=O) groups is 2. The molecule has 0 atom stereocenters. The van der Waals surface area contributed by atoms with E-state index in [2.05, 4.69) is 10.3 Å². The Morgan fingerprint density at radius 2 is 1.72 bits per heavy atom. The van der Waals surface area contributed by atoms with Crippen LogP contribution in [0.1, 0.15) is 33.6 Å². The molecule has 1 aromatic heterocycles. The average Bonchev–Trinajstić information content (AvgIpc) is 2.74. The molecule has 3 rings (SSSR count). The molecule has 1 aliphatic heterocycles. The second-order valence-corrected chi connectivity index (χ2v) is 9.25. The minimum Gasteiger partial charge on any atom is -0.349 e. The molecule has 0 bridgehead atoms. The molecule has 9 heteroatoms. The summed E-state index contributed by atoms with van der Waals surface area (Å²) in [5.74, 6) is -0.309. The predicted octanol–water partition coefficient (Wildman–Crippen LogP) is 1.37. The van der Waals surface area contributed by atoms with Crippen LogP contribution in [0.15, 0.2) is 53.7 Å². The number of pyridine rings is 1. The number of nitrogens with one attached hydrogen (secondary N) is 1. The van der Waals surface area contributed by atoms with E-state index in [1.54, 1.807) is 23.2 Å². The fraction of sp³-hybridized carbons (Fsp3) is 0.350. The number of sulfonamides is 1. The van der Waals surface area contributed by atoms with Crippen LogP contribution in [0.2, 0.25) is 0 Å². The van der Waals surface area contributed by atoms with Gasteiger partial charge in [0.25, 0.3) is 11.8 Å². The first-order chi connectivity index (χ1) is 13.8. The van der Waals surface area contributed by atoms with Gasteiger partial charge in [-0.15, -0.1) is 0 Å². The van der Waals surface area contributed by atoms with Crippen LogP contribution in [0.25, 0.3) is 0 Å². The van der Waals surface area contributed by atoms with Crippen molar-refractivity contribution in [2.45, 2.75) is 23.8 Å². The van der Waals surface area contributed by atoms with Gasteiger partial charge in [0.15, 0.2) is 0 Å². The van der Waals surface area contributed by atoms with E-state index in [1.807, 2.05) is 0 Å². The van der Waals surface area contributed by atoms with Gasteiger partial charge >= 0.3 is 0 Å². The molecule has 2 heterocycles. The van der Waals surface area contributed by atoms with Gasteiger partial charge < -0.3 is 10.2 Å². The Kier molecular flexibility index (Phi) is 6.29. The molecule has 1 aromatic carbocycles. The minimum atomic E-state index is -3.52. The first-order valence-electron chi connectivity index (χ1n) is 9.32. The number of hydrogen-bond acceptors (Lipinski definition) is 5. The zero-order chi connectivity index (χ0) is 21.0. The molecule has 8 nitrogen and oxygen atoms in total. The number of benzene rings is 1. The maximum Gasteiger partial charge on any atom is 0.253 e. The molecule has 0 aliphatic carbocycles. The lowest BCUT2D eigenvalue weighted by Gasteiger charge is -2.32. The zero-order valence-electron chi connectivity index (χ0n) is 16.4. The number of hydrogen-bond donors (Lipinski definition) is 1. The summed E-state index contributed by atoms with van der Waals surface area (Å²) >= 11 is 0. The summed E-state index contributed by atoms with van der Waals surface area (Å²) in [6.45, 7) is 1.04. The lowest BCUT2D eigenvalue weighted by atomic mass is 10.0. The summed E-state index contributed by atoms with van der Waals surface area (Å²) in [6, 6.07) is 9.39. The Morgan fingerprint density at radius 1 is 1.07 bits per heavy atom. The molecule has 1 fully saturated rings. The Hall–Kier alpha value is -2.78. The van der Waals surface area contributed by atoms with E-state index < -0.39 is 10.0 Å². The highest BCUT2D eigenvalue weighted by molar-refractivity contribution is 7.89. The number of piperidine rings is 1. The SMILES string of the molecule is CN(C)S(=O)(=O)c1ccc(C(=O)N2CCC(NC(=O)c3cccnc3)CC2)cc1.